The molecule has 0 aliphatic carbocycles. The lowest BCUT2D eigenvalue weighted by molar-refractivity contribution is -0.202. The molecule has 5 nitrogen and oxygen atoms in total. The largest absolute Gasteiger partial charge is 0.350 e. The van der Waals surface area contributed by atoms with Crippen molar-refractivity contribution >= 4 is 17.7 Å². The van der Waals surface area contributed by atoms with Gasteiger partial charge in [0.25, 0.3) is 5.91 Å². The monoisotopic (exact) mass is 412 g/mol. The van der Waals surface area contributed by atoms with Crippen LogP contribution in [0.25, 0.3) is 11.1 Å². The van der Waals surface area contributed by atoms with Crippen LogP contribution in [0, 0.1) is 0 Å². The van der Waals surface area contributed by atoms with Crippen LogP contribution in [-0.2, 0) is 20.9 Å². The Morgan fingerprint density at radius 2 is 1.90 bits per heavy atom. The molecule has 0 spiro atoms. The van der Waals surface area contributed by atoms with Gasteiger partial charge < -0.3 is 4.74 Å². The van der Waals surface area contributed by atoms with Crippen LogP contribution in [0.2, 0.25) is 0 Å². The first-order valence-corrected chi connectivity index (χ1v) is 11.5. The summed E-state index contributed by atoms with van der Waals surface area (Å²) in [6.07, 6.45) is 3.41. The minimum absolute atomic E-state index is 0.0995. The van der Waals surface area contributed by atoms with E-state index in [0.717, 1.165) is 42.8 Å². The molecule has 29 heavy (non-hydrogen) atoms. The van der Waals surface area contributed by atoms with Gasteiger partial charge in [0.2, 0.25) is 0 Å². The molecule has 2 aromatic carbocycles. The summed E-state index contributed by atoms with van der Waals surface area (Å²) in [5.41, 5.74) is 5.62. The van der Waals surface area contributed by atoms with Gasteiger partial charge in [-0.05, 0) is 41.7 Å². The molecule has 2 atom stereocenters. The van der Waals surface area contributed by atoms with E-state index in [4.69, 9.17) is 9.57 Å². The average molecular weight is 413 g/mol. The van der Waals surface area contributed by atoms with E-state index in [1.54, 1.807) is 11.8 Å². The van der Waals surface area contributed by atoms with Gasteiger partial charge in [-0.25, -0.2) is 10.3 Å². The summed E-state index contributed by atoms with van der Waals surface area (Å²) in [5, 5.41) is 3.50. The van der Waals surface area contributed by atoms with Crippen molar-refractivity contribution in [3.8, 4) is 11.1 Å². The van der Waals surface area contributed by atoms with Crippen molar-refractivity contribution in [3.05, 3.63) is 60.2 Å². The first-order valence-electron chi connectivity index (χ1n) is 10.3. The van der Waals surface area contributed by atoms with E-state index < -0.39 is 5.54 Å². The number of carbonyl (C=O) groups is 1. The normalized spacial score (nSPS) is 24.3. The van der Waals surface area contributed by atoms with Crippen LogP contribution < -0.4 is 10.8 Å². The molecule has 0 bridgehead atoms. The third-order valence-corrected chi connectivity index (χ3v) is 6.76. The summed E-state index contributed by atoms with van der Waals surface area (Å²) in [6.45, 7) is 1.34. The highest BCUT2D eigenvalue weighted by Crippen LogP contribution is 2.29. The van der Waals surface area contributed by atoms with Gasteiger partial charge >= 0.3 is 0 Å². The Hall–Kier alpha value is -1.86. The smallest absolute Gasteiger partial charge is 0.264 e. The minimum atomic E-state index is -0.600. The summed E-state index contributed by atoms with van der Waals surface area (Å²) in [7, 11) is 0. The molecule has 154 valence electrons. The predicted octanol–water partition coefficient (Wildman–Crippen LogP) is 3.89. The Balaban J connectivity index is 1.34. The molecule has 2 saturated heterocycles. The molecular formula is C23H28N2O3S. The van der Waals surface area contributed by atoms with Crippen LogP contribution in [0.4, 0.5) is 0 Å². The molecule has 2 aliphatic heterocycles. The Labute approximate surface area is 176 Å². The third-order valence-electron chi connectivity index (χ3n) is 5.57. The maximum Gasteiger partial charge on any atom is 0.264 e. The van der Waals surface area contributed by atoms with Gasteiger partial charge in [-0.3, -0.25) is 10.1 Å². The molecule has 0 radical (unpaired) electrons. The topological polar surface area (TPSA) is 59.6 Å². The fourth-order valence-electron chi connectivity index (χ4n) is 3.70. The Bertz CT molecular complexity index is 786. The second-order valence-electron chi connectivity index (χ2n) is 7.65. The Morgan fingerprint density at radius 1 is 1.10 bits per heavy atom. The molecule has 0 aromatic heterocycles. The fourth-order valence-corrected chi connectivity index (χ4v) is 5.06. The van der Waals surface area contributed by atoms with Gasteiger partial charge in [-0.1, -0.05) is 54.6 Å². The quantitative estimate of drug-likeness (QED) is 0.676. The number of nitrogens with one attached hydrogen (secondary N) is 2. The second-order valence-corrected chi connectivity index (χ2v) is 8.75. The van der Waals surface area contributed by atoms with E-state index in [-0.39, 0.29) is 12.2 Å². The number of rotatable bonds is 7. The van der Waals surface area contributed by atoms with Crippen molar-refractivity contribution in [3.63, 3.8) is 0 Å². The van der Waals surface area contributed by atoms with E-state index in [0.29, 0.717) is 13.2 Å². The van der Waals surface area contributed by atoms with Crippen LogP contribution in [0.1, 0.15) is 31.2 Å². The number of hydrogen-bond donors (Lipinski definition) is 2. The zero-order chi connectivity index (χ0) is 19.9. The zero-order valence-electron chi connectivity index (χ0n) is 16.6. The van der Waals surface area contributed by atoms with Gasteiger partial charge in [0, 0.05) is 25.3 Å². The summed E-state index contributed by atoms with van der Waals surface area (Å²) < 4.78 is 5.54. The maximum atomic E-state index is 12.9. The van der Waals surface area contributed by atoms with Crippen molar-refractivity contribution in [1.82, 2.24) is 10.8 Å². The number of thioether (sulfide) groups is 1. The van der Waals surface area contributed by atoms with Crippen LogP contribution in [0.3, 0.4) is 0 Å². The number of hydrogen-bond acceptors (Lipinski definition) is 5. The first kappa shape index (κ1) is 20.4. The predicted molar refractivity (Wildman–Crippen MR) is 116 cm³/mol. The fraction of sp³-hybridized carbons (Fsp3) is 0.435. The number of benzene rings is 2. The van der Waals surface area contributed by atoms with Gasteiger partial charge in [0.1, 0.15) is 5.54 Å². The highest BCUT2D eigenvalue weighted by molar-refractivity contribution is 7.99. The molecule has 2 aromatic rings. The lowest BCUT2D eigenvalue weighted by Crippen LogP contribution is -2.57. The van der Waals surface area contributed by atoms with E-state index >= 15 is 0 Å². The molecule has 2 fully saturated rings. The lowest BCUT2D eigenvalue weighted by Gasteiger charge is -2.30. The highest BCUT2D eigenvalue weighted by atomic mass is 32.2. The maximum absolute atomic E-state index is 12.9. The second kappa shape index (κ2) is 9.76. The van der Waals surface area contributed by atoms with E-state index in [1.807, 2.05) is 18.2 Å². The van der Waals surface area contributed by atoms with Gasteiger partial charge in [-0.15, -0.1) is 0 Å². The van der Waals surface area contributed by atoms with Gasteiger partial charge in [0.05, 0.1) is 0 Å². The summed E-state index contributed by atoms with van der Waals surface area (Å²) in [6, 6.07) is 18.8. The highest BCUT2D eigenvalue weighted by Gasteiger charge is 2.41. The molecule has 6 heteroatoms. The summed E-state index contributed by atoms with van der Waals surface area (Å²) in [5.74, 6) is 1.61. The van der Waals surface area contributed by atoms with Crippen LogP contribution in [0.15, 0.2) is 54.6 Å². The Kier molecular flexibility index (Phi) is 6.87. The summed E-state index contributed by atoms with van der Waals surface area (Å²) in [4.78, 5) is 18.4. The van der Waals surface area contributed by atoms with Crippen LogP contribution in [-0.4, -0.2) is 35.8 Å². The summed E-state index contributed by atoms with van der Waals surface area (Å²) >= 11 is 1.80. The van der Waals surface area contributed by atoms with Crippen molar-refractivity contribution in [2.24, 2.45) is 0 Å². The van der Waals surface area contributed by atoms with E-state index in [2.05, 4.69) is 47.2 Å². The molecule has 0 saturated carbocycles. The van der Waals surface area contributed by atoms with Crippen molar-refractivity contribution in [2.45, 2.75) is 44.1 Å². The van der Waals surface area contributed by atoms with E-state index in [1.165, 1.54) is 11.1 Å². The number of ether oxygens (including phenoxy) is 1. The third kappa shape index (κ3) is 5.20. The molecule has 1 amide bonds. The SMILES string of the molecule is O=C(NOC1CCCCO1)C1(NCc2ccc(-c3ccccc3)cc2)CCSC1. The van der Waals surface area contributed by atoms with Crippen molar-refractivity contribution < 1.29 is 14.4 Å². The van der Waals surface area contributed by atoms with Crippen LogP contribution in [0.5, 0.6) is 0 Å². The van der Waals surface area contributed by atoms with Crippen molar-refractivity contribution in [2.75, 3.05) is 18.1 Å². The zero-order valence-corrected chi connectivity index (χ0v) is 17.4. The molecule has 4 rings (SSSR count). The standard InChI is InChI=1S/C23H28N2O3S/c26-22(25-28-21-8-4-5-14-27-21)23(13-15-29-17-23)24-16-18-9-11-20(12-10-18)19-6-2-1-3-7-19/h1-3,6-7,9-12,21,24H,4-5,8,13-17H2,(H,25,26). The molecule has 2 unspecified atom stereocenters. The molecular weight excluding hydrogens is 384 g/mol. The molecule has 2 heterocycles. The number of amides is 1. The van der Waals surface area contributed by atoms with Crippen molar-refractivity contribution in [1.29, 1.82) is 0 Å². The average Bonchev–Trinajstić information content (AvgIpc) is 3.28. The number of carbonyl (C=O) groups excluding carboxylic acids is 1. The van der Waals surface area contributed by atoms with Gasteiger partial charge in [-0.2, -0.15) is 11.8 Å². The van der Waals surface area contributed by atoms with E-state index in [9.17, 15) is 4.79 Å². The van der Waals surface area contributed by atoms with Crippen LogP contribution >= 0.6 is 11.8 Å². The first-order chi connectivity index (χ1) is 14.3. The number of hydroxylamine groups is 1. The minimum Gasteiger partial charge on any atom is -0.350 e. The Morgan fingerprint density at radius 3 is 2.59 bits per heavy atom. The molecule has 2 N–H and O–H groups in total. The lowest BCUT2D eigenvalue weighted by atomic mass is 9.97. The molecule has 2 aliphatic rings. The van der Waals surface area contributed by atoms with Gasteiger partial charge in [0.15, 0.2) is 6.29 Å².